The van der Waals surface area contributed by atoms with E-state index in [0.29, 0.717) is 35.5 Å². The second-order valence-electron chi connectivity index (χ2n) is 5.20. The zero-order valence-corrected chi connectivity index (χ0v) is 14.1. The molecule has 0 unspecified atom stereocenters. The Morgan fingerprint density at radius 1 is 1.00 bits per heavy atom. The summed E-state index contributed by atoms with van der Waals surface area (Å²) in [6.45, 7) is 0.654. The Balaban J connectivity index is 1.73. The molecule has 0 aliphatic rings. The first-order valence-corrected chi connectivity index (χ1v) is 7.75. The zero-order valence-electron chi connectivity index (χ0n) is 14.1. The van der Waals surface area contributed by atoms with Crippen LogP contribution in [-0.2, 0) is 6.54 Å². The summed E-state index contributed by atoms with van der Waals surface area (Å²) < 4.78 is 10.6. The van der Waals surface area contributed by atoms with Crippen LogP contribution in [0.2, 0.25) is 0 Å². The molecule has 7 nitrogen and oxygen atoms in total. The van der Waals surface area contributed by atoms with E-state index < -0.39 is 0 Å². The number of nitrogens with one attached hydrogen (secondary N) is 2. The Labute approximate surface area is 146 Å². The van der Waals surface area contributed by atoms with Crippen LogP contribution in [0.5, 0.6) is 11.5 Å². The summed E-state index contributed by atoms with van der Waals surface area (Å²) in [7, 11) is 3.21. The van der Waals surface area contributed by atoms with Crippen molar-refractivity contribution in [3.05, 3.63) is 60.3 Å². The molecule has 0 atom stereocenters. The number of aromatic nitrogens is 3. The maximum absolute atomic E-state index is 5.34. The van der Waals surface area contributed by atoms with Crippen LogP contribution in [0.25, 0.3) is 0 Å². The Morgan fingerprint density at radius 3 is 2.60 bits per heavy atom. The molecule has 0 fully saturated rings. The van der Waals surface area contributed by atoms with Gasteiger partial charge in [-0.25, -0.2) is 0 Å². The van der Waals surface area contributed by atoms with Crippen LogP contribution in [0, 0.1) is 0 Å². The monoisotopic (exact) mass is 337 g/mol. The fraction of sp³-hybridized carbons (Fsp3) is 0.167. The number of ether oxygens (including phenoxy) is 2. The minimum atomic E-state index is 0.365. The highest BCUT2D eigenvalue weighted by Gasteiger charge is 2.08. The SMILES string of the molecule is COc1ccc(OC)c(Nc2nncc(NCc3ccccc3)n2)c1. The van der Waals surface area contributed by atoms with Gasteiger partial charge in [0.25, 0.3) is 0 Å². The van der Waals surface area contributed by atoms with Crippen molar-refractivity contribution in [2.24, 2.45) is 0 Å². The molecule has 128 valence electrons. The molecular weight excluding hydrogens is 318 g/mol. The topological polar surface area (TPSA) is 81.2 Å². The Kier molecular flexibility index (Phi) is 5.26. The molecule has 3 rings (SSSR count). The molecule has 2 aromatic carbocycles. The van der Waals surface area contributed by atoms with Gasteiger partial charge in [0.2, 0.25) is 5.95 Å². The van der Waals surface area contributed by atoms with E-state index in [1.807, 2.05) is 48.5 Å². The first kappa shape index (κ1) is 16.5. The summed E-state index contributed by atoms with van der Waals surface area (Å²) in [5.74, 6) is 2.36. The van der Waals surface area contributed by atoms with Crippen molar-refractivity contribution in [1.82, 2.24) is 15.2 Å². The van der Waals surface area contributed by atoms with Gasteiger partial charge in [-0.1, -0.05) is 30.3 Å². The van der Waals surface area contributed by atoms with E-state index in [-0.39, 0.29) is 0 Å². The van der Waals surface area contributed by atoms with Gasteiger partial charge >= 0.3 is 0 Å². The number of anilines is 3. The summed E-state index contributed by atoms with van der Waals surface area (Å²) in [6, 6.07) is 15.5. The predicted octanol–water partition coefficient (Wildman–Crippen LogP) is 3.24. The Morgan fingerprint density at radius 2 is 1.84 bits per heavy atom. The van der Waals surface area contributed by atoms with Crippen LogP contribution in [0.4, 0.5) is 17.5 Å². The number of methoxy groups -OCH3 is 2. The normalized spacial score (nSPS) is 10.2. The second kappa shape index (κ2) is 7.96. The van der Waals surface area contributed by atoms with Gasteiger partial charge in [-0.05, 0) is 17.7 Å². The molecule has 0 spiro atoms. The van der Waals surface area contributed by atoms with Crippen molar-refractivity contribution in [2.75, 3.05) is 24.9 Å². The lowest BCUT2D eigenvalue weighted by Gasteiger charge is -2.12. The first-order chi connectivity index (χ1) is 12.3. The van der Waals surface area contributed by atoms with Crippen molar-refractivity contribution < 1.29 is 9.47 Å². The van der Waals surface area contributed by atoms with Crippen LogP contribution in [-0.4, -0.2) is 29.4 Å². The van der Waals surface area contributed by atoms with Gasteiger partial charge < -0.3 is 20.1 Å². The van der Waals surface area contributed by atoms with Crippen molar-refractivity contribution in [2.45, 2.75) is 6.54 Å². The molecule has 25 heavy (non-hydrogen) atoms. The summed E-state index contributed by atoms with van der Waals surface area (Å²) in [5, 5.41) is 14.3. The standard InChI is InChI=1S/C18H19N5O2/c1-24-14-8-9-16(25-2)15(10-14)21-18-22-17(12-20-23-18)19-11-13-6-4-3-5-7-13/h3-10,12H,11H2,1-2H3,(H2,19,21,22,23). The van der Waals surface area contributed by atoms with E-state index in [9.17, 15) is 0 Å². The quantitative estimate of drug-likeness (QED) is 0.685. The number of hydrogen-bond acceptors (Lipinski definition) is 7. The van der Waals surface area contributed by atoms with E-state index in [0.717, 1.165) is 5.56 Å². The van der Waals surface area contributed by atoms with Gasteiger partial charge in [-0.3, -0.25) is 0 Å². The minimum absolute atomic E-state index is 0.365. The third kappa shape index (κ3) is 4.35. The summed E-state index contributed by atoms with van der Waals surface area (Å²) in [5.41, 5.74) is 1.86. The lowest BCUT2D eigenvalue weighted by molar-refractivity contribution is 0.405. The number of benzene rings is 2. The number of hydrogen-bond donors (Lipinski definition) is 2. The second-order valence-corrected chi connectivity index (χ2v) is 5.20. The van der Waals surface area contributed by atoms with Crippen LogP contribution < -0.4 is 20.1 Å². The van der Waals surface area contributed by atoms with Crippen LogP contribution in [0.3, 0.4) is 0 Å². The molecule has 0 saturated heterocycles. The van der Waals surface area contributed by atoms with E-state index in [4.69, 9.17) is 9.47 Å². The fourth-order valence-electron chi connectivity index (χ4n) is 2.26. The molecular formula is C18H19N5O2. The molecule has 3 aromatic rings. The molecule has 1 aromatic heterocycles. The molecule has 1 heterocycles. The molecule has 2 N–H and O–H groups in total. The van der Waals surface area contributed by atoms with E-state index in [1.54, 1.807) is 20.4 Å². The summed E-state index contributed by atoms with van der Waals surface area (Å²) in [6.07, 6.45) is 1.58. The molecule has 0 amide bonds. The Hall–Kier alpha value is -3.35. The summed E-state index contributed by atoms with van der Waals surface area (Å²) >= 11 is 0. The van der Waals surface area contributed by atoms with Crippen molar-refractivity contribution in [3.8, 4) is 11.5 Å². The highest BCUT2D eigenvalue weighted by Crippen LogP contribution is 2.30. The zero-order chi connectivity index (χ0) is 17.5. The van der Waals surface area contributed by atoms with Crippen LogP contribution >= 0.6 is 0 Å². The van der Waals surface area contributed by atoms with Gasteiger partial charge in [0.15, 0.2) is 5.82 Å². The van der Waals surface area contributed by atoms with Crippen molar-refractivity contribution in [3.63, 3.8) is 0 Å². The molecule has 0 bridgehead atoms. The smallest absolute Gasteiger partial charge is 0.249 e. The van der Waals surface area contributed by atoms with Gasteiger partial charge in [0, 0.05) is 12.6 Å². The number of nitrogens with zero attached hydrogens (tertiary/aromatic N) is 3. The van der Waals surface area contributed by atoms with E-state index >= 15 is 0 Å². The maximum atomic E-state index is 5.34. The van der Waals surface area contributed by atoms with E-state index in [2.05, 4.69) is 25.8 Å². The van der Waals surface area contributed by atoms with Crippen LogP contribution in [0.1, 0.15) is 5.56 Å². The van der Waals surface area contributed by atoms with Gasteiger partial charge in [-0.15, -0.1) is 5.10 Å². The molecule has 0 radical (unpaired) electrons. The number of rotatable bonds is 7. The highest BCUT2D eigenvalue weighted by molar-refractivity contribution is 5.65. The molecule has 0 aliphatic heterocycles. The van der Waals surface area contributed by atoms with Crippen LogP contribution in [0.15, 0.2) is 54.7 Å². The van der Waals surface area contributed by atoms with Gasteiger partial charge in [-0.2, -0.15) is 10.1 Å². The molecule has 0 saturated carbocycles. The highest BCUT2D eigenvalue weighted by atomic mass is 16.5. The molecule has 0 aliphatic carbocycles. The lowest BCUT2D eigenvalue weighted by Crippen LogP contribution is -2.06. The predicted molar refractivity (Wildman–Crippen MR) is 96.4 cm³/mol. The van der Waals surface area contributed by atoms with Crippen molar-refractivity contribution in [1.29, 1.82) is 0 Å². The lowest BCUT2D eigenvalue weighted by atomic mass is 10.2. The third-order valence-electron chi connectivity index (χ3n) is 3.53. The summed E-state index contributed by atoms with van der Waals surface area (Å²) in [4.78, 5) is 4.42. The van der Waals surface area contributed by atoms with E-state index in [1.165, 1.54) is 0 Å². The third-order valence-corrected chi connectivity index (χ3v) is 3.53. The minimum Gasteiger partial charge on any atom is -0.497 e. The maximum Gasteiger partial charge on any atom is 0.249 e. The Bertz CT molecular complexity index is 827. The first-order valence-electron chi connectivity index (χ1n) is 7.75. The fourth-order valence-corrected chi connectivity index (χ4v) is 2.26. The average molecular weight is 337 g/mol. The van der Waals surface area contributed by atoms with Gasteiger partial charge in [0.1, 0.15) is 11.5 Å². The largest absolute Gasteiger partial charge is 0.497 e. The molecule has 7 heteroatoms. The average Bonchev–Trinajstić information content (AvgIpc) is 2.67. The van der Waals surface area contributed by atoms with Crippen molar-refractivity contribution >= 4 is 17.5 Å². The van der Waals surface area contributed by atoms with Gasteiger partial charge in [0.05, 0.1) is 26.1 Å².